The predicted molar refractivity (Wildman–Crippen MR) is 117 cm³/mol. The van der Waals surface area contributed by atoms with Crippen LogP contribution >= 0.6 is 11.3 Å². The number of rotatable bonds is 8. The van der Waals surface area contributed by atoms with Gasteiger partial charge in [-0.15, -0.1) is 11.3 Å². The molecule has 3 rings (SSSR count). The summed E-state index contributed by atoms with van der Waals surface area (Å²) in [5.41, 5.74) is 1.40. The minimum Gasteiger partial charge on any atom is -0.351 e. The standard InChI is InChI=1S/C20H24N4O4S2/c1-3-4-11-24-12-23-19-16(20(24)26)13(2)17(29-19)18(25)22-10-9-14-5-7-15(8-6-14)30(21,27)28/h5-8,12H,3-4,9-11H2,1-2H3,(H,22,25)(H2,21,27,28). The number of carbonyl (C=O) groups excluding carboxylic acids is 1. The molecule has 0 saturated heterocycles. The Bertz CT molecular complexity index is 1230. The van der Waals surface area contributed by atoms with Crippen LogP contribution < -0.4 is 16.0 Å². The highest BCUT2D eigenvalue weighted by molar-refractivity contribution is 7.89. The van der Waals surface area contributed by atoms with E-state index in [1.807, 2.05) is 0 Å². The minimum absolute atomic E-state index is 0.0493. The van der Waals surface area contributed by atoms with E-state index in [2.05, 4.69) is 17.2 Å². The van der Waals surface area contributed by atoms with Crippen LogP contribution in [0.5, 0.6) is 0 Å². The van der Waals surface area contributed by atoms with E-state index < -0.39 is 10.0 Å². The highest BCUT2D eigenvalue weighted by atomic mass is 32.2. The number of aromatic nitrogens is 2. The predicted octanol–water partition coefficient (Wildman–Crippen LogP) is 2.19. The third kappa shape index (κ3) is 4.77. The third-order valence-electron chi connectivity index (χ3n) is 4.83. The molecule has 3 aromatic rings. The molecule has 0 unspecified atom stereocenters. The van der Waals surface area contributed by atoms with Crippen LogP contribution in [0.25, 0.3) is 10.2 Å². The van der Waals surface area contributed by atoms with Crippen molar-refractivity contribution in [2.75, 3.05) is 6.54 Å². The first-order valence-corrected chi connectivity index (χ1v) is 12.0. The molecule has 0 aliphatic heterocycles. The SMILES string of the molecule is CCCCn1cnc2sc(C(=O)NCCc3ccc(S(N)(=O)=O)cc3)c(C)c2c1=O. The smallest absolute Gasteiger partial charge is 0.262 e. The Kier molecular flexibility index (Phi) is 6.69. The van der Waals surface area contributed by atoms with E-state index in [-0.39, 0.29) is 16.4 Å². The van der Waals surface area contributed by atoms with Crippen LogP contribution in [0.2, 0.25) is 0 Å². The summed E-state index contributed by atoms with van der Waals surface area (Å²) in [7, 11) is -3.72. The molecule has 30 heavy (non-hydrogen) atoms. The molecule has 0 bridgehead atoms. The second-order valence-corrected chi connectivity index (χ2v) is 9.59. The molecule has 1 amide bonds. The number of hydrogen-bond donors (Lipinski definition) is 2. The van der Waals surface area contributed by atoms with Crippen LogP contribution in [0.15, 0.2) is 40.3 Å². The Hall–Kier alpha value is -2.56. The first-order chi connectivity index (χ1) is 14.2. The number of benzene rings is 1. The topological polar surface area (TPSA) is 124 Å². The van der Waals surface area contributed by atoms with Gasteiger partial charge < -0.3 is 5.32 Å². The molecule has 10 heteroatoms. The van der Waals surface area contributed by atoms with Gasteiger partial charge in [-0.05, 0) is 43.0 Å². The van der Waals surface area contributed by atoms with Gasteiger partial charge in [0, 0.05) is 13.1 Å². The van der Waals surface area contributed by atoms with Gasteiger partial charge in [-0.25, -0.2) is 18.5 Å². The number of nitrogens with two attached hydrogens (primary N) is 1. The second-order valence-electron chi connectivity index (χ2n) is 7.03. The Morgan fingerprint density at radius 3 is 2.60 bits per heavy atom. The molecule has 0 fully saturated rings. The van der Waals surface area contributed by atoms with Gasteiger partial charge in [0.1, 0.15) is 4.83 Å². The summed E-state index contributed by atoms with van der Waals surface area (Å²) in [5, 5.41) is 8.45. The van der Waals surface area contributed by atoms with Crippen molar-refractivity contribution in [3.8, 4) is 0 Å². The van der Waals surface area contributed by atoms with Crippen LogP contribution in [-0.4, -0.2) is 30.4 Å². The normalized spacial score (nSPS) is 11.7. The number of hydrogen-bond acceptors (Lipinski definition) is 6. The van der Waals surface area contributed by atoms with Gasteiger partial charge in [0.15, 0.2) is 0 Å². The van der Waals surface area contributed by atoms with Crippen LogP contribution in [0.1, 0.15) is 40.6 Å². The summed E-state index contributed by atoms with van der Waals surface area (Å²) in [6, 6.07) is 6.22. The van der Waals surface area contributed by atoms with Crippen LogP contribution in [-0.2, 0) is 23.0 Å². The molecular formula is C20H24N4O4S2. The van der Waals surface area contributed by atoms with Gasteiger partial charge in [-0.3, -0.25) is 14.2 Å². The summed E-state index contributed by atoms with van der Waals surface area (Å²) >= 11 is 1.21. The van der Waals surface area contributed by atoms with Crippen molar-refractivity contribution < 1.29 is 13.2 Å². The van der Waals surface area contributed by atoms with Crippen molar-refractivity contribution in [1.29, 1.82) is 0 Å². The maximum Gasteiger partial charge on any atom is 0.262 e. The van der Waals surface area contributed by atoms with E-state index in [1.54, 1.807) is 30.0 Å². The number of sulfonamides is 1. The van der Waals surface area contributed by atoms with Crippen molar-refractivity contribution in [3.63, 3.8) is 0 Å². The Morgan fingerprint density at radius 1 is 1.27 bits per heavy atom. The zero-order valence-corrected chi connectivity index (χ0v) is 18.5. The average Bonchev–Trinajstić information content (AvgIpc) is 3.04. The summed E-state index contributed by atoms with van der Waals surface area (Å²) in [5.74, 6) is -0.254. The maximum absolute atomic E-state index is 12.7. The third-order valence-corrected chi connectivity index (χ3v) is 6.96. The number of unbranched alkanes of at least 4 members (excludes halogenated alkanes) is 1. The van der Waals surface area contributed by atoms with E-state index in [4.69, 9.17) is 5.14 Å². The van der Waals surface area contributed by atoms with Crippen LogP contribution in [0, 0.1) is 6.92 Å². The fraction of sp³-hybridized carbons (Fsp3) is 0.350. The maximum atomic E-state index is 12.7. The number of nitrogens with one attached hydrogen (secondary N) is 1. The van der Waals surface area contributed by atoms with Gasteiger partial charge in [0.2, 0.25) is 10.0 Å². The fourth-order valence-electron chi connectivity index (χ4n) is 3.11. The molecule has 0 aliphatic rings. The zero-order valence-electron chi connectivity index (χ0n) is 16.8. The van der Waals surface area contributed by atoms with Crippen molar-refractivity contribution in [2.24, 2.45) is 5.14 Å². The monoisotopic (exact) mass is 448 g/mol. The van der Waals surface area contributed by atoms with E-state index in [0.29, 0.717) is 40.2 Å². The Balaban J connectivity index is 1.70. The second kappa shape index (κ2) is 9.07. The van der Waals surface area contributed by atoms with Gasteiger partial charge >= 0.3 is 0 Å². The van der Waals surface area contributed by atoms with Crippen molar-refractivity contribution >= 4 is 37.5 Å². The van der Waals surface area contributed by atoms with Gasteiger partial charge in [0.25, 0.3) is 11.5 Å². The summed E-state index contributed by atoms with van der Waals surface area (Å²) < 4.78 is 24.2. The summed E-state index contributed by atoms with van der Waals surface area (Å²) in [6.45, 7) is 4.81. The summed E-state index contributed by atoms with van der Waals surface area (Å²) in [6.07, 6.45) is 3.94. The lowest BCUT2D eigenvalue weighted by atomic mass is 10.1. The molecule has 160 valence electrons. The van der Waals surface area contributed by atoms with Crippen LogP contribution in [0.4, 0.5) is 0 Å². The Morgan fingerprint density at radius 2 is 1.97 bits per heavy atom. The largest absolute Gasteiger partial charge is 0.351 e. The highest BCUT2D eigenvalue weighted by Gasteiger charge is 2.19. The van der Waals surface area contributed by atoms with E-state index >= 15 is 0 Å². The lowest BCUT2D eigenvalue weighted by Crippen LogP contribution is -2.25. The average molecular weight is 449 g/mol. The van der Waals surface area contributed by atoms with Gasteiger partial charge in [-0.1, -0.05) is 25.5 Å². The molecule has 2 aromatic heterocycles. The van der Waals surface area contributed by atoms with Crippen molar-refractivity contribution in [3.05, 3.63) is 57.0 Å². The quantitative estimate of drug-likeness (QED) is 0.547. The number of carbonyl (C=O) groups is 1. The molecule has 3 N–H and O–H groups in total. The first-order valence-electron chi connectivity index (χ1n) is 9.61. The van der Waals surface area contributed by atoms with E-state index in [9.17, 15) is 18.0 Å². The molecule has 0 spiro atoms. The lowest BCUT2D eigenvalue weighted by molar-refractivity contribution is 0.0957. The highest BCUT2D eigenvalue weighted by Crippen LogP contribution is 2.26. The van der Waals surface area contributed by atoms with Crippen LogP contribution in [0.3, 0.4) is 0 Å². The zero-order chi connectivity index (χ0) is 21.9. The number of thiophene rings is 1. The summed E-state index contributed by atoms with van der Waals surface area (Å²) in [4.78, 5) is 30.8. The van der Waals surface area contributed by atoms with E-state index in [0.717, 1.165) is 18.4 Å². The molecule has 0 saturated carbocycles. The molecule has 0 atom stereocenters. The molecule has 0 radical (unpaired) electrons. The molecule has 1 aromatic carbocycles. The van der Waals surface area contributed by atoms with Gasteiger partial charge in [0.05, 0.1) is 21.5 Å². The first kappa shape index (κ1) is 22.1. The minimum atomic E-state index is -3.72. The number of amides is 1. The van der Waals surface area contributed by atoms with Crippen molar-refractivity contribution in [2.45, 2.75) is 44.6 Å². The number of primary sulfonamides is 1. The van der Waals surface area contributed by atoms with E-state index in [1.165, 1.54) is 23.5 Å². The molecule has 8 nitrogen and oxygen atoms in total. The molecule has 2 heterocycles. The fourth-order valence-corrected chi connectivity index (χ4v) is 4.68. The number of aryl methyl sites for hydroxylation is 2. The number of nitrogens with zero attached hydrogens (tertiary/aromatic N) is 2. The Labute approximate surface area is 178 Å². The van der Waals surface area contributed by atoms with Gasteiger partial charge in [-0.2, -0.15) is 0 Å². The number of fused-ring (bicyclic) bond motifs is 1. The van der Waals surface area contributed by atoms with Crippen molar-refractivity contribution in [1.82, 2.24) is 14.9 Å². The molecule has 0 aliphatic carbocycles. The molecular weight excluding hydrogens is 424 g/mol. The lowest BCUT2D eigenvalue weighted by Gasteiger charge is -2.06.